The summed E-state index contributed by atoms with van der Waals surface area (Å²) in [7, 11) is 0. The number of hydrogen-bond acceptors (Lipinski definition) is 9. The van der Waals surface area contributed by atoms with Gasteiger partial charge in [0.15, 0.2) is 11.6 Å². The molecule has 0 aliphatic heterocycles. The van der Waals surface area contributed by atoms with Crippen LogP contribution in [0.15, 0.2) is 48.5 Å². The fourth-order valence-corrected chi connectivity index (χ4v) is 3.65. The Hall–Kier alpha value is -4.09. The molecule has 0 aliphatic carbocycles. The Balaban J connectivity index is 0.000000856. The van der Waals surface area contributed by atoms with Crippen LogP contribution in [-0.2, 0) is 41.5 Å². The number of carboxylic acid groups (broad SMARTS) is 1. The average Bonchev–Trinajstić information content (AvgIpc) is 2.88. The van der Waals surface area contributed by atoms with Gasteiger partial charge in [-0.1, -0.05) is 36.4 Å². The zero-order valence-electron chi connectivity index (χ0n) is 23.7. The molecule has 0 saturated heterocycles. The Morgan fingerprint density at radius 3 is 1.66 bits per heavy atom. The van der Waals surface area contributed by atoms with Gasteiger partial charge in [-0.15, -0.1) is 12.4 Å². The molecule has 0 bridgehead atoms. The van der Waals surface area contributed by atoms with Gasteiger partial charge in [-0.05, 0) is 57.4 Å². The lowest BCUT2D eigenvalue weighted by Gasteiger charge is -2.29. The molecule has 12 heteroatoms. The molecule has 0 aromatic heterocycles. The number of carbonyl (C=O) groups excluding carboxylic acids is 5. The maximum Gasteiger partial charge on any atom is 0.344 e. The van der Waals surface area contributed by atoms with Crippen molar-refractivity contribution in [1.82, 2.24) is 5.32 Å². The molecule has 41 heavy (non-hydrogen) atoms. The van der Waals surface area contributed by atoms with E-state index in [-0.39, 0.29) is 50.0 Å². The van der Waals surface area contributed by atoms with E-state index in [1.807, 2.05) is 0 Å². The maximum atomic E-state index is 12.5. The van der Waals surface area contributed by atoms with Gasteiger partial charge in [0.2, 0.25) is 11.4 Å². The molecule has 0 saturated carbocycles. The van der Waals surface area contributed by atoms with Crippen LogP contribution in [0.3, 0.4) is 0 Å². The van der Waals surface area contributed by atoms with Gasteiger partial charge in [-0.2, -0.15) is 0 Å². The van der Waals surface area contributed by atoms with Crippen molar-refractivity contribution in [2.45, 2.75) is 59.0 Å². The van der Waals surface area contributed by atoms with E-state index >= 15 is 0 Å². The van der Waals surface area contributed by atoms with Crippen LogP contribution in [0.25, 0.3) is 0 Å². The van der Waals surface area contributed by atoms with Crippen molar-refractivity contribution in [3.63, 3.8) is 0 Å². The van der Waals surface area contributed by atoms with Gasteiger partial charge >= 0.3 is 17.9 Å². The number of Topliss-reactive ketones (excluding diaryl/α,β-unsaturated/α-hetero) is 2. The predicted molar refractivity (Wildman–Crippen MR) is 153 cm³/mol. The largest absolute Gasteiger partial charge is 0.480 e. The molecular formula is C29H37ClN2O9. The SMILES string of the molecule is CC(=O)c1cccc(CC(N)C(=O)O)c1.CCOC(=O)C(Cc1cccc(C(C)=O)c1)(NC(C)=O)C(=O)OCC.Cl. The summed E-state index contributed by atoms with van der Waals surface area (Å²) < 4.78 is 10.0. The summed E-state index contributed by atoms with van der Waals surface area (Å²) in [6.45, 7) is 7.34. The highest BCUT2D eigenvalue weighted by molar-refractivity contribution is 6.08. The molecule has 0 heterocycles. The predicted octanol–water partition coefficient (Wildman–Crippen LogP) is 2.70. The summed E-state index contributed by atoms with van der Waals surface area (Å²) in [5, 5.41) is 11.0. The zero-order valence-corrected chi connectivity index (χ0v) is 24.5. The summed E-state index contributed by atoms with van der Waals surface area (Å²) in [4.78, 5) is 69.9. The van der Waals surface area contributed by atoms with Gasteiger partial charge in [-0.3, -0.25) is 19.2 Å². The Morgan fingerprint density at radius 1 is 0.829 bits per heavy atom. The highest BCUT2D eigenvalue weighted by atomic mass is 35.5. The number of aliphatic carboxylic acids is 1. The van der Waals surface area contributed by atoms with Crippen molar-refractivity contribution in [3.8, 4) is 0 Å². The van der Waals surface area contributed by atoms with Crippen molar-refractivity contribution in [2.75, 3.05) is 13.2 Å². The van der Waals surface area contributed by atoms with E-state index in [9.17, 15) is 28.8 Å². The molecule has 1 unspecified atom stereocenters. The molecule has 0 radical (unpaired) electrons. The lowest BCUT2D eigenvalue weighted by atomic mass is 9.89. The van der Waals surface area contributed by atoms with Crippen LogP contribution in [0.4, 0.5) is 0 Å². The first-order chi connectivity index (χ1) is 18.8. The number of nitrogens with one attached hydrogen (secondary N) is 1. The number of rotatable bonds is 12. The van der Waals surface area contributed by atoms with Crippen molar-refractivity contribution in [2.24, 2.45) is 5.73 Å². The van der Waals surface area contributed by atoms with Gasteiger partial charge in [0, 0.05) is 24.5 Å². The molecule has 1 atom stereocenters. The average molecular weight is 593 g/mol. The molecule has 2 rings (SSSR count). The number of carbonyl (C=O) groups is 6. The summed E-state index contributed by atoms with van der Waals surface area (Å²) >= 11 is 0. The molecule has 2 aromatic carbocycles. The van der Waals surface area contributed by atoms with Crippen molar-refractivity contribution in [3.05, 3.63) is 70.8 Å². The molecular weight excluding hydrogens is 556 g/mol. The number of ether oxygens (including phenoxy) is 2. The topological polar surface area (TPSA) is 179 Å². The van der Waals surface area contributed by atoms with Crippen molar-refractivity contribution < 1.29 is 43.3 Å². The number of halogens is 1. The minimum Gasteiger partial charge on any atom is -0.480 e. The molecule has 0 fully saturated rings. The lowest BCUT2D eigenvalue weighted by molar-refractivity contribution is -0.168. The van der Waals surface area contributed by atoms with Gasteiger partial charge in [-0.25, -0.2) is 9.59 Å². The lowest BCUT2D eigenvalue weighted by Crippen LogP contribution is -2.62. The van der Waals surface area contributed by atoms with E-state index in [1.54, 1.807) is 62.4 Å². The standard InChI is InChI=1S/C18H23NO6.C11H13NO3.ClH/c1-5-24-16(22)18(19-13(4)21,17(23)25-6-2)11-14-8-7-9-15(10-14)12(3)20;1-7(13)9-4-2-3-8(5-9)6-10(12)11(14)15;/h7-10H,5-6,11H2,1-4H3,(H,19,21);2-5,10H,6,12H2,1H3,(H,14,15);1H. The summed E-state index contributed by atoms with van der Waals surface area (Å²) in [5.41, 5.74) is 5.67. The normalized spacial score (nSPS) is 11.0. The summed E-state index contributed by atoms with van der Waals surface area (Å²) in [5.74, 6) is -3.62. The van der Waals surface area contributed by atoms with Crippen LogP contribution in [-0.4, -0.2) is 65.3 Å². The number of hydrogen-bond donors (Lipinski definition) is 3. The van der Waals surface area contributed by atoms with Gasteiger partial charge in [0.1, 0.15) is 6.04 Å². The second kappa shape index (κ2) is 17.6. The number of nitrogens with two attached hydrogens (primary N) is 1. The third kappa shape index (κ3) is 11.5. The first-order valence-electron chi connectivity index (χ1n) is 12.6. The quantitative estimate of drug-likeness (QED) is 0.188. The second-order valence-electron chi connectivity index (χ2n) is 8.87. The van der Waals surface area contributed by atoms with E-state index < -0.39 is 35.4 Å². The second-order valence-corrected chi connectivity index (χ2v) is 8.87. The zero-order chi connectivity index (χ0) is 30.5. The summed E-state index contributed by atoms with van der Waals surface area (Å²) in [6, 6.07) is 12.4. The highest BCUT2D eigenvalue weighted by Gasteiger charge is 2.50. The Bertz CT molecular complexity index is 1230. The third-order valence-corrected chi connectivity index (χ3v) is 5.55. The van der Waals surface area contributed by atoms with Gasteiger partial charge in [0.05, 0.1) is 13.2 Å². The molecule has 11 nitrogen and oxygen atoms in total. The van der Waals surface area contributed by atoms with Crippen LogP contribution in [0.1, 0.15) is 66.5 Å². The minimum absolute atomic E-state index is 0. The molecule has 2 aromatic rings. The fraction of sp³-hybridized carbons (Fsp3) is 0.379. The molecule has 0 spiro atoms. The fourth-order valence-electron chi connectivity index (χ4n) is 3.65. The van der Waals surface area contributed by atoms with Crippen LogP contribution < -0.4 is 11.1 Å². The Kier molecular flexibility index (Phi) is 15.8. The summed E-state index contributed by atoms with van der Waals surface area (Å²) in [6.07, 6.45) is 0.0435. The Labute approximate surface area is 245 Å². The first kappa shape index (κ1) is 36.9. The number of amides is 1. The molecule has 224 valence electrons. The van der Waals surface area contributed by atoms with Crippen molar-refractivity contribution in [1.29, 1.82) is 0 Å². The number of ketones is 2. The molecule has 4 N–H and O–H groups in total. The number of carboxylic acids is 1. The number of esters is 2. The van der Waals surface area contributed by atoms with Crippen LogP contribution in [0, 0.1) is 0 Å². The van der Waals surface area contributed by atoms with Crippen LogP contribution >= 0.6 is 12.4 Å². The molecule has 1 amide bonds. The van der Waals surface area contributed by atoms with Crippen LogP contribution in [0.2, 0.25) is 0 Å². The van der Waals surface area contributed by atoms with Crippen LogP contribution in [0.5, 0.6) is 0 Å². The Morgan fingerprint density at radius 2 is 1.27 bits per heavy atom. The molecule has 0 aliphatic rings. The van der Waals surface area contributed by atoms with Gasteiger partial charge < -0.3 is 25.6 Å². The van der Waals surface area contributed by atoms with E-state index in [0.717, 1.165) is 5.56 Å². The van der Waals surface area contributed by atoms with E-state index in [2.05, 4.69) is 5.32 Å². The van der Waals surface area contributed by atoms with E-state index in [4.69, 9.17) is 20.3 Å². The van der Waals surface area contributed by atoms with E-state index in [1.165, 1.54) is 20.8 Å². The third-order valence-electron chi connectivity index (χ3n) is 5.55. The van der Waals surface area contributed by atoms with Crippen molar-refractivity contribution >= 4 is 47.8 Å². The maximum absolute atomic E-state index is 12.5. The van der Waals surface area contributed by atoms with Gasteiger partial charge in [0.25, 0.3) is 0 Å². The minimum atomic E-state index is -2.01. The number of benzene rings is 2. The smallest absolute Gasteiger partial charge is 0.344 e. The monoisotopic (exact) mass is 592 g/mol. The first-order valence-corrected chi connectivity index (χ1v) is 12.6. The van der Waals surface area contributed by atoms with E-state index in [0.29, 0.717) is 16.7 Å². The highest BCUT2D eigenvalue weighted by Crippen LogP contribution is 2.20.